The zero-order chi connectivity index (χ0) is 21.3. The van der Waals surface area contributed by atoms with Gasteiger partial charge in [0.25, 0.3) is 5.91 Å². The molecule has 1 fully saturated rings. The molecule has 1 aliphatic rings. The van der Waals surface area contributed by atoms with Crippen molar-refractivity contribution >= 4 is 54.0 Å². The highest BCUT2D eigenvalue weighted by atomic mass is 35.5. The van der Waals surface area contributed by atoms with E-state index >= 15 is 0 Å². The maximum atomic E-state index is 12.6. The number of halogens is 1. The number of nitrogens with one attached hydrogen (secondary N) is 1. The third-order valence-corrected chi connectivity index (χ3v) is 6.84. The van der Waals surface area contributed by atoms with E-state index in [0.717, 1.165) is 19.1 Å². The van der Waals surface area contributed by atoms with Gasteiger partial charge in [0.05, 0.1) is 33.9 Å². The van der Waals surface area contributed by atoms with Gasteiger partial charge in [0.15, 0.2) is 15.0 Å². The number of amides is 1. The Labute approximate surface area is 182 Å². The molecular formula is C19H18ClN3O5S2. The lowest BCUT2D eigenvalue weighted by molar-refractivity contribution is 0.0238. The SMILES string of the molecule is CS(=O)(=O)c1ccc2nc(NC(=O)c3cnc(OC4CCOCC4)c(Cl)c3)sc2c1. The second-order valence-corrected chi connectivity index (χ2v) is 10.3. The zero-order valence-electron chi connectivity index (χ0n) is 15.9. The molecule has 0 radical (unpaired) electrons. The van der Waals surface area contributed by atoms with Crippen molar-refractivity contribution in [3.05, 3.63) is 41.0 Å². The van der Waals surface area contributed by atoms with Gasteiger partial charge in [-0.25, -0.2) is 18.4 Å². The van der Waals surface area contributed by atoms with Crippen LogP contribution in [0.4, 0.5) is 5.13 Å². The number of ether oxygens (including phenoxy) is 2. The highest BCUT2D eigenvalue weighted by molar-refractivity contribution is 7.90. The Morgan fingerprint density at radius 2 is 2.07 bits per heavy atom. The number of sulfone groups is 1. The van der Waals surface area contributed by atoms with Crippen LogP contribution in [-0.4, -0.2) is 49.9 Å². The molecule has 0 atom stereocenters. The monoisotopic (exact) mass is 467 g/mol. The van der Waals surface area contributed by atoms with Crippen LogP contribution in [0.15, 0.2) is 35.4 Å². The van der Waals surface area contributed by atoms with Gasteiger partial charge in [0, 0.05) is 25.3 Å². The van der Waals surface area contributed by atoms with Crippen LogP contribution in [0.3, 0.4) is 0 Å². The number of fused-ring (bicyclic) bond motifs is 1. The van der Waals surface area contributed by atoms with Crippen molar-refractivity contribution in [2.24, 2.45) is 0 Å². The molecule has 158 valence electrons. The molecule has 1 aromatic carbocycles. The van der Waals surface area contributed by atoms with Crippen LogP contribution < -0.4 is 10.1 Å². The number of pyridine rings is 1. The second kappa shape index (κ2) is 8.46. The third kappa shape index (κ3) is 4.72. The number of anilines is 1. The van der Waals surface area contributed by atoms with Crippen LogP contribution in [0.2, 0.25) is 5.02 Å². The Bertz CT molecular complexity index is 1210. The fraction of sp³-hybridized carbons (Fsp3) is 0.316. The first-order valence-electron chi connectivity index (χ1n) is 9.11. The number of rotatable bonds is 5. The summed E-state index contributed by atoms with van der Waals surface area (Å²) in [5.74, 6) is -0.141. The highest BCUT2D eigenvalue weighted by Crippen LogP contribution is 2.29. The molecule has 30 heavy (non-hydrogen) atoms. The lowest BCUT2D eigenvalue weighted by Crippen LogP contribution is -2.26. The summed E-state index contributed by atoms with van der Waals surface area (Å²) in [5, 5.41) is 3.29. The van der Waals surface area contributed by atoms with Crippen molar-refractivity contribution in [1.82, 2.24) is 9.97 Å². The van der Waals surface area contributed by atoms with Gasteiger partial charge in [-0.1, -0.05) is 22.9 Å². The molecular weight excluding hydrogens is 450 g/mol. The van der Waals surface area contributed by atoms with Gasteiger partial charge >= 0.3 is 0 Å². The van der Waals surface area contributed by atoms with E-state index in [1.165, 1.54) is 29.7 Å². The Morgan fingerprint density at radius 3 is 2.77 bits per heavy atom. The predicted octanol–water partition coefficient (Wildman–Crippen LogP) is 3.56. The van der Waals surface area contributed by atoms with Gasteiger partial charge in [0.2, 0.25) is 5.88 Å². The van der Waals surface area contributed by atoms with Crippen LogP contribution in [0, 0.1) is 0 Å². The van der Waals surface area contributed by atoms with Crippen molar-refractivity contribution in [3.63, 3.8) is 0 Å². The molecule has 11 heteroatoms. The summed E-state index contributed by atoms with van der Waals surface area (Å²) in [6.07, 6.45) is 4.05. The lowest BCUT2D eigenvalue weighted by atomic mass is 10.1. The molecule has 0 saturated carbocycles. The molecule has 0 aliphatic carbocycles. The summed E-state index contributed by atoms with van der Waals surface area (Å²) < 4.78 is 35.2. The molecule has 0 bridgehead atoms. The number of thiazole rings is 1. The fourth-order valence-corrected chi connectivity index (χ4v) is 4.78. The molecule has 3 aromatic rings. The second-order valence-electron chi connectivity index (χ2n) is 6.82. The molecule has 1 aliphatic heterocycles. The summed E-state index contributed by atoms with van der Waals surface area (Å²) >= 11 is 7.44. The van der Waals surface area contributed by atoms with E-state index in [-0.39, 0.29) is 27.5 Å². The molecule has 4 rings (SSSR count). The number of carbonyl (C=O) groups excluding carboxylic acids is 1. The Balaban J connectivity index is 1.48. The van der Waals surface area contributed by atoms with E-state index < -0.39 is 15.7 Å². The van der Waals surface area contributed by atoms with Crippen molar-refractivity contribution in [1.29, 1.82) is 0 Å². The maximum Gasteiger partial charge on any atom is 0.259 e. The van der Waals surface area contributed by atoms with Crippen molar-refractivity contribution in [2.75, 3.05) is 24.8 Å². The van der Waals surface area contributed by atoms with E-state index in [0.29, 0.717) is 28.6 Å². The minimum absolute atomic E-state index is 0.0111. The minimum atomic E-state index is -3.32. The number of hydrogen-bond acceptors (Lipinski definition) is 8. The fourth-order valence-electron chi connectivity index (χ4n) is 2.95. The summed E-state index contributed by atoms with van der Waals surface area (Å²) in [7, 11) is -3.32. The van der Waals surface area contributed by atoms with Crippen LogP contribution in [0.1, 0.15) is 23.2 Å². The molecule has 2 aromatic heterocycles. The van der Waals surface area contributed by atoms with E-state index in [4.69, 9.17) is 21.1 Å². The number of hydrogen-bond donors (Lipinski definition) is 1. The summed E-state index contributed by atoms with van der Waals surface area (Å²) in [5.41, 5.74) is 0.856. The number of benzene rings is 1. The maximum absolute atomic E-state index is 12.6. The summed E-state index contributed by atoms with van der Waals surface area (Å²) in [6, 6.07) is 6.13. The molecule has 0 unspecified atom stereocenters. The first-order valence-corrected chi connectivity index (χ1v) is 12.2. The largest absolute Gasteiger partial charge is 0.473 e. The molecule has 1 N–H and O–H groups in total. The van der Waals surface area contributed by atoms with Gasteiger partial charge in [-0.2, -0.15) is 0 Å². The van der Waals surface area contributed by atoms with Gasteiger partial charge in [-0.15, -0.1) is 0 Å². The van der Waals surface area contributed by atoms with Crippen molar-refractivity contribution < 1.29 is 22.7 Å². The van der Waals surface area contributed by atoms with Crippen molar-refractivity contribution in [2.45, 2.75) is 23.8 Å². The standard InChI is InChI=1S/C19H18ClN3O5S2/c1-30(25,26)13-2-3-15-16(9-13)29-19(22-15)23-17(24)11-8-14(20)18(21-10-11)28-12-4-6-27-7-5-12/h2-3,8-10,12H,4-7H2,1H3,(H,22,23,24). The smallest absolute Gasteiger partial charge is 0.259 e. The van der Waals surface area contributed by atoms with E-state index in [9.17, 15) is 13.2 Å². The first-order chi connectivity index (χ1) is 14.3. The Morgan fingerprint density at radius 1 is 1.30 bits per heavy atom. The minimum Gasteiger partial charge on any atom is -0.473 e. The number of carbonyl (C=O) groups is 1. The van der Waals surface area contributed by atoms with Gasteiger partial charge in [-0.05, 0) is 24.3 Å². The quantitative estimate of drug-likeness (QED) is 0.611. The van der Waals surface area contributed by atoms with E-state index in [1.807, 2.05) is 0 Å². The number of aromatic nitrogens is 2. The normalized spacial score (nSPS) is 15.3. The molecule has 1 saturated heterocycles. The van der Waals surface area contributed by atoms with Crippen LogP contribution in [-0.2, 0) is 14.6 Å². The van der Waals surface area contributed by atoms with Crippen LogP contribution in [0.5, 0.6) is 5.88 Å². The van der Waals surface area contributed by atoms with Crippen LogP contribution >= 0.6 is 22.9 Å². The van der Waals surface area contributed by atoms with Crippen LogP contribution in [0.25, 0.3) is 10.2 Å². The Hall–Kier alpha value is -2.27. The molecule has 1 amide bonds. The molecule has 3 heterocycles. The van der Waals surface area contributed by atoms with Gasteiger partial charge in [-0.3, -0.25) is 10.1 Å². The summed E-state index contributed by atoms with van der Waals surface area (Å²) in [4.78, 5) is 21.3. The van der Waals surface area contributed by atoms with Gasteiger partial charge < -0.3 is 9.47 Å². The molecule has 8 nitrogen and oxygen atoms in total. The molecule has 0 spiro atoms. The number of nitrogens with zero attached hydrogens (tertiary/aromatic N) is 2. The predicted molar refractivity (Wildman–Crippen MR) is 114 cm³/mol. The Kier molecular flexibility index (Phi) is 5.92. The average molecular weight is 468 g/mol. The highest BCUT2D eigenvalue weighted by Gasteiger charge is 2.19. The first kappa shape index (κ1) is 21.0. The van der Waals surface area contributed by atoms with Gasteiger partial charge in [0.1, 0.15) is 11.1 Å². The van der Waals surface area contributed by atoms with E-state index in [2.05, 4.69) is 15.3 Å². The van der Waals surface area contributed by atoms with Crippen molar-refractivity contribution in [3.8, 4) is 5.88 Å². The lowest BCUT2D eigenvalue weighted by Gasteiger charge is -2.23. The zero-order valence-corrected chi connectivity index (χ0v) is 18.3. The average Bonchev–Trinajstić information content (AvgIpc) is 3.11. The van der Waals surface area contributed by atoms with E-state index in [1.54, 1.807) is 12.1 Å². The summed E-state index contributed by atoms with van der Waals surface area (Å²) in [6.45, 7) is 1.27. The third-order valence-electron chi connectivity index (χ3n) is 4.52. The topological polar surface area (TPSA) is 107 Å².